The Hall–Kier alpha value is -2.56. The van der Waals surface area contributed by atoms with Crippen LogP contribution in [0.3, 0.4) is 0 Å². The van der Waals surface area contributed by atoms with Crippen molar-refractivity contribution >= 4 is 5.97 Å². The number of aromatic carboxylic acids is 1. The number of halogens is 1. The summed E-state index contributed by atoms with van der Waals surface area (Å²) in [6, 6.07) is 8.83. The van der Waals surface area contributed by atoms with E-state index >= 15 is 0 Å². The van der Waals surface area contributed by atoms with Crippen LogP contribution in [0.15, 0.2) is 36.4 Å². The molecule has 4 nitrogen and oxygen atoms in total. The Balaban J connectivity index is 2.60. The molecule has 0 aliphatic rings. The van der Waals surface area contributed by atoms with Crippen LogP contribution >= 0.6 is 0 Å². The van der Waals surface area contributed by atoms with E-state index in [1.807, 2.05) is 0 Å². The minimum atomic E-state index is -1.17. The molecule has 0 spiro atoms. The Morgan fingerprint density at radius 1 is 1.10 bits per heavy atom. The highest BCUT2D eigenvalue weighted by Gasteiger charge is 2.16. The molecule has 5 heteroatoms. The van der Waals surface area contributed by atoms with Crippen LogP contribution in [0.4, 0.5) is 4.39 Å². The van der Waals surface area contributed by atoms with Crippen molar-refractivity contribution in [2.24, 2.45) is 0 Å². The third-order valence-electron chi connectivity index (χ3n) is 2.91. The molecule has 0 radical (unpaired) electrons. The van der Waals surface area contributed by atoms with E-state index in [9.17, 15) is 9.18 Å². The number of rotatable bonds is 4. The summed E-state index contributed by atoms with van der Waals surface area (Å²) in [6.07, 6.45) is 0. The lowest BCUT2D eigenvalue weighted by Gasteiger charge is -2.13. The quantitative estimate of drug-likeness (QED) is 0.931. The summed E-state index contributed by atoms with van der Waals surface area (Å²) < 4.78 is 24.5. The fourth-order valence-corrected chi connectivity index (χ4v) is 1.97. The van der Waals surface area contributed by atoms with E-state index in [0.29, 0.717) is 17.1 Å². The third kappa shape index (κ3) is 2.42. The highest BCUT2D eigenvalue weighted by atomic mass is 19.1. The summed E-state index contributed by atoms with van der Waals surface area (Å²) in [4.78, 5) is 10.8. The Morgan fingerprint density at radius 2 is 1.85 bits per heavy atom. The zero-order chi connectivity index (χ0) is 14.7. The van der Waals surface area contributed by atoms with Gasteiger partial charge in [-0.1, -0.05) is 18.2 Å². The zero-order valence-electron chi connectivity index (χ0n) is 11.0. The van der Waals surface area contributed by atoms with Gasteiger partial charge in [0, 0.05) is 11.1 Å². The normalized spacial score (nSPS) is 10.2. The van der Waals surface area contributed by atoms with Crippen LogP contribution < -0.4 is 9.47 Å². The average Bonchev–Trinajstić information content (AvgIpc) is 2.46. The van der Waals surface area contributed by atoms with Crippen LogP contribution in [0, 0.1) is 5.82 Å². The molecule has 2 aromatic carbocycles. The summed E-state index contributed by atoms with van der Waals surface area (Å²) in [6.45, 7) is 0. The van der Waals surface area contributed by atoms with E-state index in [1.54, 1.807) is 18.2 Å². The molecule has 1 N–H and O–H groups in total. The van der Waals surface area contributed by atoms with Gasteiger partial charge in [-0.2, -0.15) is 0 Å². The number of hydrogen-bond donors (Lipinski definition) is 1. The van der Waals surface area contributed by atoms with E-state index in [-0.39, 0.29) is 11.1 Å². The van der Waals surface area contributed by atoms with Gasteiger partial charge in [-0.25, -0.2) is 9.18 Å². The number of ether oxygens (including phenoxy) is 2. The fourth-order valence-electron chi connectivity index (χ4n) is 1.97. The molecule has 0 aliphatic heterocycles. The SMILES string of the molecule is COc1cccc(-c2ccc(C(=O)O)cc2F)c1OC. The van der Waals surface area contributed by atoms with Crippen molar-refractivity contribution in [3.05, 3.63) is 47.8 Å². The first-order chi connectivity index (χ1) is 9.58. The molecule has 0 saturated heterocycles. The first-order valence-electron chi connectivity index (χ1n) is 5.82. The number of benzene rings is 2. The first kappa shape index (κ1) is 13.9. The van der Waals surface area contributed by atoms with Gasteiger partial charge in [0.05, 0.1) is 19.8 Å². The number of methoxy groups -OCH3 is 2. The summed E-state index contributed by atoms with van der Waals surface area (Å²) in [5.41, 5.74) is 0.653. The first-order valence-corrected chi connectivity index (χ1v) is 5.82. The molecule has 2 aromatic rings. The molecule has 0 saturated carbocycles. The van der Waals surface area contributed by atoms with E-state index in [2.05, 4.69) is 0 Å². The maximum Gasteiger partial charge on any atom is 0.335 e. The van der Waals surface area contributed by atoms with E-state index in [0.717, 1.165) is 6.07 Å². The Morgan fingerprint density at radius 3 is 2.40 bits per heavy atom. The second-order valence-electron chi connectivity index (χ2n) is 4.04. The highest BCUT2D eigenvalue weighted by molar-refractivity contribution is 5.88. The molecule has 0 atom stereocenters. The van der Waals surface area contributed by atoms with Gasteiger partial charge in [-0.05, 0) is 18.2 Å². The Labute approximate surface area is 115 Å². The molecule has 0 aliphatic carbocycles. The van der Waals surface area contributed by atoms with Crippen LogP contribution in [0.25, 0.3) is 11.1 Å². The molecule has 0 amide bonds. The lowest BCUT2D eigenvalue weighted by molar-refractivity contribution is 0.0696. The van der Waals surface area contributed by atoms with Crippen molar-refractivity contribution < 1.29 is 23.8 Å². The molecule has 2 rings (SSSR count). The van der Waals surface area contributed by atoms with Crippen LogP contribution in [0.2, 0.25) is 0 Å². The van der Waals surface area contributed by atoms with Gasteiger partial charge in [0.1, 0.15) is 5.82 Å². The average molecular weight is 276 g/mol. The number of para-hydroxylation sites is 1. The van der Waals surface area contributed by atoms with Crippen molar-refractivity contribution in [3.8, 4) is 22.6 Å². The minimum Gasteiger partial charge on any atom is -0.493 e. The molecule has 0 unspecified atom stereocenters. The molecule has 0 fully saturated rings. The minimum absolute atomic E-state index is 0.104. The van der Waals surface area contributed by atoms with Gasteiger partial charge in [0.25, 0.3) is 0 Å². The van der Waals surface area contributed by atoms with Crippen LogP contribution in [0.5, 0.6) is 11.5 Å². The van der Waals surface area contributed by atoms with E-state index < -0.39 is 11.8 Å². The molecular formula is C15H13FO4. The number of carboxylic acid groups (broad SMARTS) is 1. The maximum absolute atomic E-state index is 14.1. The van der Waals surface area contributed by atoms with Crippen molar-refractivity contribution in [1.82, 2.24) is 0 Å². The Kier molecular flexibility index (Phi) is 3.89. The largest absolute Gasteiger partial charge is 0.493 e. The molecule has 20 heavy (non-hydrogen) atoms. The molecular weight excluding hydrogens is 263 g/mol. The van der Waals surface area contributed by atoms with E-state index in [1.165, 1.54) is 26.4 Å². The lowest BCUT2D eigenvalue weighted by atomic mass is 10.0. The van der Waals surface area contributed by atoms with Crippen LogP contribution in [-0.2, 0) is 0 Å². The van der Waals surface area contributed by atoms with Crippen LogP contribution in [-0.4, -0.2) is 25.3 Å². The van der Waals surface area contributed by atoms with Gasteiger partial charge in [0.15, 0.2) is 11.5 Å². The number of hydrogen-bond acceptors (Lipinski definition) is 3. The second kappa shape index (κ2) is 5.61. The molecule has 0 bridgehead atoms. The van der Waals surface area contributed by atoms with Gasteiger partial charge < -0.3 is 14.6 Å². The highest BCUT2D eigenvalue weighted by Crippen LogP contribution is 2.38. The topological polar surface area (TPSA) is 55.8 Å². The van der Waals surface area contributed by atoms with Crippen LogP contribution in [0.1, 0.15) is 10.4 Å². The van der Waals surface area contributed by atoms with Gasteiger partial charge >= 0.3 is 5.97 Å². The Bertz CT molecular complexity index is 652. The fraction of sp³-hybridized carbons (Fsp3) is 0.133. The van der Waals surface area contributed by atoms with Gasteiger partial charge in [-0.15, -0.1) is 0 Å². The molecule has 104 valence electrons. The smallest absolute Gasteiger partial charge is 0.335 e. The van der Waals surface area contributed by atoms with Crippen molar-refractivity contribution in [1.29, 1.82) is 0 Å². The van der Waals surface area contributed by atoms with E-state index in [4.69, 9.17) is 14.6 Å². The lowest BCUT2D eigenvalue weighted by Crippen LogP contribution is -1.99. The molecule has 0 aromatic heterocycles. The predicted octanol–water partition coefficient (Wildman–Crippen LogP) is 3.21. The number of carboxylic acids is 1. The number of carbonyl (C=O) groups is 1. The summed E-state index contributed by atoms with van der Waals surface area (Å²) in [5, 5.41) is 8.84. The summed E-state index contributed by atoms with van der Waals surface area (Å²) in [5.74, 6) is -0.923. The van der Waals surface area contributed by atoms with Crippen molar-refractivity contribution in [2.45, 2.75) is 0 Å². The zero-order valence-corrected chi connectivity index (χ0v) is 11.0. The monoisotopic (exact) mass is 276 g/mol. The second-order valence-corrected chi connectivity index (χ2v) is 4.04. The summed E-state index contributed by atoms with van der Waals surface area (Å²) >= 11 is 0. The van der Waals surface area contributed by atoms with Crippen molar-refractivity contribution in [2.75, 3.05) is 14.2 Å². The van der Waals surface area contributed by atoms with Crippen molar-refractivity contribution in [3.63, 3.8) is 0 Å². The van der Waals surface area contributed by atoms with Gasteiger partial charge in [-0.3, -0.25) is 0 Å². The summed E-state index contributed by atoms with van der Waals surface area (Å²) in [7, 11) is 2.95. The maximum atomic E-state index is 14.1. The third-order valence-corrected chi connectivity index (χ3v) is 2.91. The molecule has 0 heterocycles. The predicted molar refractivity (Wildman–Crippen MR) is 71.9 cm³/mol. The van der Waals surface area contributed by atoms with Gasteiger partial charge in [0.2, 0.25) is 0 Å². The standard InChI is InChI=1S/C15H13FO4/c1-19-13-5-3-4-11(14(13)20-2)10-7-6-9(15(17)18)8-12(10)16/h3-8H,1-2H3,(H,17,18).